The van der Waals surface area contributed by atoms with E-state index in [1.165, 1.54) is 16.2 Å². The summed E-state index contributed by atoms with van der Waals surface area (Å²) in [7, 11) is -3.73. The monoisotopic (exact) mass is 324 g/mol. The van der Waals surface area contributed by atoms with Crippen LogP contribution < -0.4 is 0 Å². The summed E-state index contributed by atoms with van der Waals surface area (Å²) in [6.07, 6.45) is 9.73. The second kappa shape index (κ2) is 5.06. The Bertz CT molecular complexity index is 1070. The van der Waals surface area contributed by atoms with Gasteiger partial charge in [-0.1, -0.05) is 0 Å². The number of aromatic amines is 1. The van der Waals surface area contributed by atoms with Crippen molar-refractivity contribution in [3.8, 4) is 11.1 Å². The summed E-state index contributed by atoms with van der Waals surface area (Å²) in [6.45, 7) is 0. The zero-order chi connectivity index (χ0) is 15.9. The van der Waals surface area contributed by atoms with Crippen LogP contribution in [0.3, 0.4) is 0 Å². The third-order valence-corrected chi connectivity index (χ3v) is 5.28. The average Bonchev–Trinajstić information content (AvgIpc) is 3.23. The fraction of sp³-hybridized carbons (Fsp3) is 0. The van der Waals surface area contributed by atoms with Gasteiger partial charge in [0.25, 0.3) is 10.0 Å². The zero-order valence-corrected chi connectivity index (χ0v) is 12.7. The molecule has 0 radical (unpaired) electrons. The first-order chi connectivity index (χ1) is 11.2. The maximum absolute atomic E-state index is 12.9. The van der Waals surface area contributed by atoms with E-state index in [-0.39, 0.29) is 4.90 Å². The van der Waals surface area contributed by atoms with Crippen molar-refractivity contribution in [1.29, 1.82) is 0 Å². The number of pyridine rings is 2. The van der Waals surface area contributed by atoms with Crippen LogP contribution in [0.4, 0.5) is 0 Å². The second-order valence-corrected chi connectivity index (χ2v) is 6.82. The largest absolute Gasteiger partial charge is 0.367 e. The van der Waals surface area contributed by atoms with Crippen molar-refractivity contribution < 1.29 is 8.42 Å². The van der Waals surface area contributed by atoms with Crippen LogP contribution in [-0.2, 0) is 10.0 Å². The zero-order valence-electron chi connectivity index (χ0n) is 11.9. The topological polar surface area (TPSA) is 80.6 Å². The Balaban J connectivity index is 2.02. The molecule has 0 spiro atoms. The Labute approximate surface area is 132 Å². The average molecular weight is 324 g/mol. The van der Waals surface area contributed by atoms with Gasteiger partial charge in [0, 0.05) is 48.3 Å². The SMILES string of the molecule is O=S(=O)(c1cccnc1)n1cc(-c2cc[nH]c2)c2ncccc21. The summed E-state index contributed by atoms with van der Waals surface area (Å²) in [4.78, 5) is 11.4. The van der Waals surface area contributed by atoms with Gasteiger partial charge in [0.2, 0.25) is 0 Å². The third kappa shape index (κ3) is 2.13. The molecule has 0 aromatic carbocycles. The standard InChI is InChI=1S/C16H12N4O2S/c21-23(22,13-3-1-6-17-10-13)20-11-14(12-5-8-18-9-12)16-15(20)4-2-7-19-16/h1-11,18H. The van der Waals surface area contributed by atoms with Gasteiger partial charge in [-0.05, 0) is 30.3 Å². The molecule has 1 N–H and O–H groups in total. The van der Waals surface area contributed by atoms with Crippen molar-refractivity contribution >= 4 is 21.1 Å². The number of H-pyrrole nitrogens is 1. The van der Waals surface area contributed by atoms with Gasteiger partial charge in [-0.15, -0.1) is 0 Å². The molecule has 7 heteroatoms. The second-order valence-electron chi connectivity index (χ2n) is 5.00. The smallest absolute Gasteiger partial charge is 0.269 e. The normalized spacial score (nSPS) is 11.8. The molecular weight excluding hydrogens is 312 g/mol. The van der Waals surface area contributed by atoms with E-state index in [9.17, 15) is 8.42 Å². The van der Waals surface area contributed by atoms with Gasteiger partial charge in [-0.3, -0.25) is 9.97 Å². The molecule has 0 atom stereocenters. The number of hydrogen-bond acceptors (Lipinski definition) is 4. The van der Waals surface area contributed by atoms with Crippen LogP contribution in [0, 0.1) is 0 Å². The first-order valence-corrected chi connectivity index (χ1v) is 8.37. The Morgan fingerprint density at radius 3 is 2.70 bits per heavy atom. The first kappa shape index (κ1) is 13.7. The quantitative estimate of drug-likeness (QED) is 0.628. The minimum absolute atomic E-state index is 0.140. The predicted molar refractivity (Wildman–Crippen MR) is 86.3 cm³/mol. The molecule has 4 rings (SSSR count). The van der Waals surface area contributed by atoms with Gasteiger partial charge in [0.05, 0.1) is 11.0 Å². The van der Waals surface area contributed by atoms with Crippen LogP contribution in [0.5, 0.6) is 0 Å². The number of aromatic nitrogens is 4. The molecular formula is C16H12N4O2S. The molecule has 0 bridgehead atoms. The van der Waals surface area contributed by atoms with Crippen molar-refractivity contribution in [3.63, 3.8) is 0 Å². The number of hydrogen-bond donors (Lipinski definition) is 1. The van der Waals surface area contributed by atoms with E-state index in [4.69, 9.17) is 0 Å². The van der Waals surface area contributed by atoms with Crippen LogP contribution in [0.1, 0.15) is 0 Å². The molecule has 0 aliphatic heterocycles. The maximum Gasteiger partial charge on any atom is 0.269 e. The maximum atomic E-state index is 12.9. The van der Waals surface area contributed by atoms with E-state index < -0.39 is 10.0 Å². The number of nitrogens with zero attached hydrogens (tertiary/aromatic N) is 3. The van der Waals surface area contributed by atoms with E-state index in [0.29, 0.717) is 11.0 Å². The number of rotatable bonds is 3. The summed E-state index contributed by atoms with van der Waals surface area (Å²) in [5.74, 6) is 0. The Morgan fingerprint density at radius 1 is 1.09 bits per heavy atom. The summed E-state index contributed by atoms with van der Waals surface area (Å²) < 4.78 is 27.1. The van der Waals surface area contributed by atoms with Gasteiger partial charge in [0.1, 0.15) is 4.90 Å². The molecule has 4 aromatic heterocycles. The van der Waals surface area contributed by atoms with E-state index in [1.807, 2.05) is 12.3 Å². The highest BCUT2D eigenvalue weighted by atomic mass is 32.2. The molecule has 0 unspecified atom stereocenters. The highest BCUT2D eigenvalue weighted by Crippen LogP contribution is 2.31. The van der Waals surface area contributed by atoms with E-state index in [1.54, 1.807) is 43.0 Å². The lowest BCUT2D eigenvalue weighted by Gasteiger charge is -2.06. The molecule has 6 nitrogen and oxygen atoms in total. The molecule has 4 aromatic rings. The minimum atomic E-state index is -3.73. The van der Waals surface area contributed by atoms with Crippen LogP contribution in [0.2, 0.25) is 0 Å². The Morgan fingerprint density at radius 2 is 1.96 bits per heavy atom. The van der Waals surface area contributed by atoms with Crippen molar-refractivity contribution in [2.45, 2.75) is 4.90 Å². The minimum Gasteiger partial charge on any atom is -0.367 e. The van der Waals surface area contributed by atoms with E-state index in [0.717, 1.165) is 11.1 Å². The summed E-state index contributed by atoms with van der Waals surface area (Å²) in [5.41, 5.74) is 2.82. The highest BCUT2D eigenvalue weighted by molar-refractivity contribution is 7.90. The molecule has 0 saturated heterocycles. The van der Waals surface area contributed by atoms with Gasteiger partial charge >= 0.3 is 0 Å². The molecule has 0 amide bonds. The molecule has 114 valence electrons. The van der Waals surface area contributed by atoms with Gasteiger partial charge in [-0.25, -0.2) is 12.4 Å². The Kier molecular flexibility index (Phi) is 3.02. The van der Waals surface area contributed by atoms with Crippen molar-refractivity contribution in [2.24, 2.45) is 0 Å². The summed E-state index contributed by atoms with van der Waals surface area (Å²) >= 11 is 0. The molecule has 0 aliphatic carbocycles. The molecule has 0 aliphatic rings. The van der Waals surface area contributed by atoms with Crippen LogP contribution in [0.15, 0.2) is 72.4 Å². The van der Waals surface area contributed by atoms with Crippen molar-refractivity contribution in [3.05, 3.63) is 67.5 Å². The summed E-state index contributed by atoms with van der Waals surface area (Å²) in [6, 6.07) is 8.47. The fourth-order valence-electron chi connectivity index (χ4n) is 2.54. The van der Waals surface area contributed by atoms with Gasteiger partial charge < -0.3 is 4.98 Å². The van der Waals surface area contributed by atoms with E-state index >= 15 is 0 Å². The first-order valence-electron chi connectivity index (χ1n) is 6.93. The molecule has 0 fully saturated rings. The lowest BCUT2D eigenvalue weighted by molar-refractivity contribution is 0.588. The summed E-state index contributed by atoms with van der Waals surface area (Å²) in [5, 5.41) is 0. The third-order valence-electron chi connectivity index (χ3n) is 3.63. The Hall–Kier alpha value is -2.93. The lowest BCUT2D eigenvalue weighted by atomic mass is 10.1. The van der Waals surface area contributed by atoms with Crippen molar-refractivity contribution in [1.82, 2.24) is 18.9 Å². The molecule has 4 heterocycles. The molecule has 23 heavy (non-hydrogen) atoms. The van der Waals surface area contributed by atoms with Crippen LogP contribution in [0.25, 0.3) is 22.2 Å². The fourth-order valence-corrected chi connectivity index (χ4v) is 3.87. The lowest BCUT2D eigenvalue weighted by Crippen LogP contribution is -2.11. The van der Waals surface area contributed by atoms with Gasteiger partial charge in [0.15, 0.2) is 0 Å². The van der Waals surface area contributed by atoms with Crippen LogP contribution >= 0.6 is 0 Å². The van der Waals surface area contributed by atoms with Gasteiger partial charge in [-0.2, -0.15) is 0 Å². The van der Waals surface area contributed by atoms with Crippen LogP contribution in [-0.4, -0.2) is 27.3 Å². The number of fused-ring (bicyclic) bond motifs is 1. The number of nitrogens with one attached hydrogen (secondary N) is 1. The van der Waals surface area contributed by atoms with Crippen molar-refractivity contribution in [2.75, 3.05) is 0 Å². The van der Waals surface area contributed by atoms with E-state index in [2.05, 4.69) is 15.0 Å². The molecule has 0 saturated carbocycles. The highest BCUT2D eigenvalue weighted by Gasteiger charge is 2.22. The predicted octanol–water partition coefficient (Wildman–Crippen LogP) is 2.66.